The van der Waals surface area contributed by atoms with E-state index in [0.717, 1.165) is 0 Å². The summed E-state index contributed by atoms with van der Waals surface area (Å²) in [5.41, 5.74) is 0. The van der Waals surface area contributed by atoms with Gasteiger partial charge in [-0.05, 0) is 5.92 Å². The first-order valence-corrected chi connectivity index (χ1v) is 4.82. The van der Waals surface area contributed by atoms with Crippen LogP contribution in [0.3, 0.4) is 0 Å². The number of rotatable bonds is 4. The molecule has 0 heterocycles. The van der Waals surface area contributed by atoms with E-state index in [0.29, 0.717) is 6.42 Å². The first kappa shape index (κ1) is 9.87. The highest BCUT2D eigenvalue weighted by atomic mass is 32.2. The monoisotopic (exact) mass is 167 g/mol. The molecule has 0 bridgehead atoms. The van der Waals surface area contributed by atoms with Gasteiger partial charge in [0.25, 0.3) is 0 Å². The third-order valence-electron chi connectivity index (χ3n) is 1.30. The molecule has 3 N–H and O–H groups in total. The molecule has 0 saturated heterocycles. The molecular formula is C5H13NO3S. The predicted molar refractivity (Wildman–Crippen MR) is 38.8 cm³/mol. The minimum atomic E-state index is -3.41. The zero-order chi connectivity index (χ0) is 8.20. The molecule has 0 rings (SSSR count). The minimum Gasteiger partial charge on any atom is -0.396 e. The van der Waals surface area contributed by atoms with E-state index in [2.05, 4.69) is 0 Å². The van der Waals surface area contributed by atoms with Gasteiger partial charge in [-0.3, -0.25) is 0 Å². The highest BCUT2D eigenvalue weighted by molar-refractivity contribution is 7.89. The van der Waals surface area contributed by atoms with E-state index in [1.54, 1.807) is 0 Å². The van der Waals surface area contributed by atoms with Crippen molar-refractivity contribution in [3.8, 4) is 0 Å². The molecule has 0 aliphatic carbocycles. The third kappa shape index (κ3) is 4.72. The first-order valence-electron chi connectivity index (χ1n) is 3.11. The molecule has 10 heavy (non-hydrogen) atoms. The van der Waals surface area contributed by atoms with E-state index in [-0.39, 0.29) is 18.3 Å². The molecule has 0 aromatic rings. The van der Waals surface area contributed by atoms with E-state index < -0.39 is 10.0 Å². The topological polar surface area (TPSA) is 80.4 Å². The summed E-state index contributed by atoms with van der Waals surface area (Å²) in [5.74, 6) is -0.338. The van der Waals surface area contributed by atoms with E-state index in [4.69, 9.17) is 10.2 Å². The van der Waals surface area contributed by atoms with Gasteiger partial charge in [0.15, 0.2) is 0 Å². The number of hydrogen-bond acceptors (Lipinski definition) is 3. The van der Waals surface area contributed by atoms with Gasteiger partial charge < -0.3 is 5.11 Å². The number of aliphatic hydroxyl groups excluding tert-OH is 1. The molecule has 5 heteroatoms. The summed E-state index contributed by atoms with van der Waals surface area (Å²) in [4.78, 5) is 0. The van der Waals surface area contributed by atoms with Crippen LogP contribution in [0.15, 0.2) is 0 Å². The quantitative estimate of drug-likeness (QED) is 0.580. The molecule has 0 spiro atoms. The predicted octanol–water partition coefficient (Wildman–Crippen LogP) is -0.707. The lowest BCUT2D eigenvalue weighted by Crippen LogP contribution is -2.24. The zero-order valence-corrected chi connectivity index (χ0v) is 6.76. The smallest absolute Gasteiger partial charge is 0.209 e. The van der Waals surface area contributed by atoms with Crippen LogP contribution in [0.2, 0.25) is 0 Å². The van der Waals surface area contributed by atoms with Crippen molar-refractivity contribution in [1.29, 1.82) is 0 Å². The van der Waals surface area contributed by atoms with Gasteiger partial charge in [0.05, 0.1) is 5.75 Å². The molecule has 4 nitrogen and oxygen atoms in total. The summed E-state index contributed by atoms with van der Waals surface area (Å²) < 4.78 is 20.9. The highest BCUT2D eigenvalue weighted by Gasteiger charge is 2.11. The van der Waals surface area contributed by atoms with Crippen molar-refractivity contribution in [1.82, 2.24) is 0 Å². The second-order valence-electron chi connectivity index (χ2n) is 2.29. The molecule has 0 fully saturated rings. The first-order chi connectivity index (χ1) is 4.49. The van der Waals surface area contributed by atoms with Crippen LogP contribution in [-0.2, 0) is 10.0 Å². The summed E-state index contributed by atoms with van der Waals surface area (Å²) in [6.07, 6.45) is 0.632. The molecule has 62 valence electrons. The lowest BCUT2D eigenvalue weighted by Gasteiger charge is -2.07. The lowest BCUT2D eigenvalue weighted by molar-refractivity contribution is 0.235. The molecule has 0 aliphatic rings. The standard InChI is InChI=1S/C5H13NO3S/c1-2-5(3-7)4-10(6,8)9/h5,7H,2-4H2,1H3,(H2,6,8,9). The number of aliphatic hydroxyl groups is 1. The van der Waals surface area contributed by atoms with E-state index >= 15 is 0 Å². The second-order valence-corrected chi connectivity index (χ2v) is 3.95. The fourth-order valence-electron chi connectivity index (χ4n) is 0.628. The van der Waals surface area contributed by atoms with Crippen molar-refractivity contribution in [2.45, 2.75) is 13.3 Å². The summed E-state index contributed by atoms with van der Waals surface area (Å²) in [5, 5.41) is 13.3. The van der Waals surface area contributed by atoms with Crippen LogP contribution in [0.5, 0.6) is 0 Å². The average molecular weight is 167 g/mol. The summed E-state index contributed by atoms with van der Waals surface area (Å²) in [6, 6.07) is 0. The molecule has 1 unspecified atom stereocenters. The van der Waals surface area contributed by atoms with Crippen molar-refractivity contribution < 1.29 is 13.5 Å². The Bertz CT molecular complexity index is 171. The highest BCUT2D eigenvalue weighted by Crippen LogP contribution is 2.02. The molecule has 1 atom stereocenters. The zero-order valence-electron chi connectivity index (χ0n) is 5.95. The van der Waals surface area contributed by atoms with Gasteiger partial charge >= 0.3 is 0 Å². The maximum Gasteiger partial charge on any atom is 0.209 e. The van der Waals surface area contributed by atoms with Gasteiger partial charge in [0.1, 0.15) is 0 Å². The van der Waals surface area contributed by atoms with Crippen molar-refractivity contribution in [3.05, 3.63) is 0 Å². The van der Waals surface area contributed by atoms with Gasteiger partial charge in [0.2, 0.25) is 10.0 Å². The maximum atomic E-state index is 10.4. The molecule has 0 aliphatic heterocycles. The minimum absolute atomic E-state index is 0.118. The Morgan fingerprint density at radius 3 is 2.20 bits per heavy atom. The molecule has 0 aromatic heterocycles. The average Bonchev–Trinajstić information content (AvgIpc) is 1.81. The molecule has 0 amide bonds. The van der Waals surface area contributed by atoms with Crippen molar-refractivity contribution in [2.24, 2.45) is 11.1 Å². The summed E-state index contributed by atoms with van der Waals surface area (Å²) >= 11 is 0. The Kier molecular flexibility index (Phi) is 3.85. The van der Waals surface area contributed by atoms with Crippen molar-refractivity contribution in [2.75, 3.05) is 12.4 Å². The maximum absolute atomic E-state index is 10.4. The largest absolute Gasteiger partial charge is 0.396 e. The third-order valence-corrected chi connectivity index (χ3v) is 2.24. The number of primary sulfonamides is 1. The van der Waals surface area contributed by atoms with Crippen LogP contribution in [0.4, 0.5) is 0 Å². The van der Waals surface area contributed by atoms with Crippen LogP contribution in [-0.4, -0.2) is 25.9 Å². The Balaban J connectivity index is 3.87. The van der Waals surface area contributed by atoms with Crippen LogP contribution >= 0.6 is 0 Å². The molecular weight excluding hydrogens is 154 g/mol. The Labute approximate surface area is 61.1 Å². The SMILES string of the molecule is CCC(CO)CS(N)(=O)=O. The van der Waals surface area contributed by atoms with Crippen LogP contribution < -0.4 is 5.14 Å². The molecule has 0 aromatic carbocycles. The van der Waals surface area contributed by atoms with Crippen molar-refractivity contribution >= 4 is 10.0 Å². The van der Waals surface area contributed by atoms with Crippen LogP contribution in [0, 0.1) is 5.92 Å². The fourth-order valence-corrected chi connectivity index (χ4v) is 1.63. The Morgan fingerprint density at radius 1 is 1.60 bits per heavy atom. The van der Waals surface area contributed by atoms with Gasteiger partial charge in [-0.2, -0.15) is 0 Å². The Morgan fingerprint density at radius 2 is 2.10 bits per heavy atom. The lowest BCUT2D eigenvalue weighted by atomic mass is 10.1. The van der Waals surface area contributed by atoms with Gasteiger partial charge in [0, 0.05) is 6.61 Å². The van der Waals surface area contributed by atoms with Gasteiger partial charge in [-0.15, -0.1) is 0 Å². The molecule has 0 saturated carbocycles. The molecule has 0 radical (unpaired) electrons. The van der Waals surface area contributed by atoms with E-state index in [1.807, 2.05) is 6.92 Å². The van der Waals surface area contributed by atoms with Crippen molar-refractivity contribution in [3.63, 3.8) is 0 Å². The summed E-state index contributed by atoms with van der Waals surface area (Å²) in [7, 11) is -3.41. The van der Waals surface area contributed by atoms with Gasteiger partial charge in [-0.25, -0.2) is 13.6 Å². The van der Waals surface area contributed by atoms with E-state index in [1.165, 1.54) is 0 Å². The number of sulfonamides is 1. The van der Waals surface area contributed by atoms with E-state index in [9.17, 15) is 8.42 Å². The normalized spacial score (nSPS) is 15.1. The van der Waals surface area contributed by atoms with Gasteiger partial charge in [-0.1, -0.05) is 13.3 Å². The number of nitrogens with two attached hydrogens (primary N) is 1. The number of hydrogen-bond donors (Lipinski definition) is 2. The second kappa shape index (κ2) is 3.90. The van der Waals surface area contributed by atoms with Crippen LogP contribution in [0.1, 0.15) is 13.3 Å². The van der Waals surface area contributed by atoms with Crippen LogP contribution in [0.25, 0.3) is 0 Å². The Hall–Kier alpha value is -0.130. The summed E-state index contributed by atoms with van der Waals surface area (Å²) in [6.45, 7) is 1.69. The fraction of sp³-hybridized carbons (Fsp3) is 1.00.